The standard InChI is InChI=1S/C23H21ClF3N3O3S2/c1-13-18(21-19(25)10-16(12-28-21)30-5-3-23(26,27)4-6-30)11-20(34-13)22(31)29-15-7-14(24)8-17(9-15)35(2,32)33/h7-12H,3-6H2,1-2H3,(H,29,31). The number of rotatable bonds is 5. The van der Waals surface area contributed by atoms with Gasteiger partial charge in [-0.1, -0.05) is 11.6 Å². The summed E-state index contributed by atoms with van der Waals surface area (Å²) in [5.74, 6) is -3.84. The number of nitrogens with zero attached hydrogens (tertiary/aromatic N) is 2. The van der Waals surface area contributed by atoms with E-state index in [2.05, 4.69) is 10.3 Å². The van der Waals surface area contributed by atoms with Crippen LogP contribution in [0.5, 0.6) is 0 Å². The van der Waals surface area contributed by atoms with Crippen molar-refractivity contribution in [2.75, 3.05) is 29.6 Å². The van der Waals surface area contributed by atoms with Gasteiger partial charge < -0.3 is 10.2 Å². The average Bonchev–Trinajstić information content (AvgIpc) is 3.14. The Kier molecular flexibility index (Phi) is 6.87. The fourth-order valence-corrected chi connectivity index (χ4v) is 5.66. The molecule has 1 aliphatic heterocycles. The van der Waals surface area contributed by atoms with Gasteiger partial charge in [0, 0.05) is 59.4 Å². The van der Waals surface area contributed by atoms with Crippen molar-refractivity contribution < 1.29 is 26.4 Å². The van der Waals surface area contributed by atoms with Gasteiger partial charge in [-0.15, -0.1) is 11.3 Å². The summed E-state index contributed by atoms with van der Waals surface area (Å²) in [5.41, 5.74) is 1.11. The van der Waals surface area contributed by atoms with E-state index >= 15 is 0 Å². The smallest absolute Gasteiger partial charge is 0.265 e. The van der Waals surface area contributed by atoms with Gasteiger partial charge in [0.2, 0.25) is 0 Å². The zero-order valence-corrected chi connectivity index (χ0v) is 21.1. The highest BCUT2D eigenvalue weighted by Gasteiger charge is 2.34. The van der Waals surface area contributed by atoms with Crippen LogP contribution >= 0.6 is 22.9 Å². The summed E-state index contributed by atoms with van der Waals surface area (Å²) in [5, 5.41) is 2.77. The number of hydrogen-bond acceptors (Lipinski definition) is 6. The average molecular weight is 544 g/mol. The number of piperidine rings is 1. The number of anilines is 2. The van der Waals surface area contributed by atoms with E-state index in [9.17, 15) is 26.4 Å². The molecule has 1 saturated heterocycles. The van der Waals surface area contributed by atoms with Gasteiger partial charge in [-0.3, -0.25) is 9.78 Å². The lowest BCUT2D eigenvalue weighted by molar-refractivity contribution is -0.0220. The zero-order chi connectivity index (χ0) is 25.5. The highest BCUT2D eigenvalue weighted by molar-refractivity contribution is 7.90. The largest absolute Gasteiger partial charge is 0.370 e. The molecule has 0 saturated carbocycles. The third-order valence-corrected chi connectivity index (χ3v) is 8.00. The molecule has 1 aromatic carbocycles. The molecule has 0 bridgehead atoms. The van der Waals surface area contributed by atoms with E-state index < -0.39 is 27.5 Å². The van der Waals surface area contributed by atoms with E-state index in [0.717, 1.165) is 17.6 Å². The van der Waals surface area contributed by atoms with E-state index in [4.69, 9.17) is 11.6 Å². The molecule has 1 aliphatic rings. The third kappa shape index (κ3) is 5.79. The second-order valence-electron chi connectivity index (χ2n) is 8.35. The minimum absolute atomic E-state index is 0.0351. The van der Waals surface area contributed by atoms with Crippen molar-refractivity contribution in [3.05, 3.63) is 57.1 Å². The Labute approximate surface area is 209 Å². The molecule has 1 fully saturated rings. The van der Waals surface area contributed by atoms with Gasteiger partial charge in [0.15, 0.2) is 15.7 Å². The third-order valence-electron chi connectivity index (χ3n) is 5.64. The molecular weight excluding hydrogens is 523 g/mol. The van der Waals surface area contributed by atoms with Crippen LogP contribution in [0.2, 0.25) is 5.02 Å². The first kappa shape index (κ1) is 25.5. The molecule has 2 aromatic heterocycles. The topological polar surface area (TPSA) is 79.4 Å². The summed E-state index contributed by atoms with van der Waals surface area (Å²) in [7, 11) is -3.53. The highest BCUT2D eigenvalue weighted by atomic mass is 35.5. The van der Waals surface area contributed by atoms with Crippen LogP contribution in [0.15, 0.2) is 41.4 Å². The van der Waals surface area contributed by atoms with E-state index in [0.29, 0.717) is 16.1 Å². The summed E-state index contributed by atoms with van der Waals surface area (Å²) >= 11 is 7.12. The maximum atomic E-state index is 15.0. The van der Waals surface area contributed by atoms with Crippen LogP contribution in [-0.4, -0.2) is 44.6 Å². The first-order valence-corrected chi connectivity index (χ1v) is 13.6. The van der Waals surface area contributed by atoms with Gasteiger partial charge in [0.25, 0.3) is 11.8 Å². The lowest BCUT2D eigenvalue weighted by Gasteiger charge is -2.33. The predicted molar refractivity (Wildman–Crippen MR) is 131 cm³/mol. The number of carbonyl (C=O) groups is 1. The Balaban J connectivity index is 1.55. The van der Waals surface area contributed by atoms with Crippen molar-refractivity contribution in [2.24, 2.45) is 0 Å². The van der Waals surface area contributed by atoms with Gasteiger partial charge in [-0.05, 0) is 31.2 Å². The van der Waals surface area contributed by atoms with Crippen LogP contribution in [-0.2, 0) is 9.84 Å². The van der Waals surface area contributed by atoms with E-state index in [-0.39, 0.29) is 52.1 Å². The monoisotopic (exact) mass is 543 g/mol. The number of thiophene rings is 1. The van der Waals surface area contributed by atoms with Crippen LogP contribution in [0.3, 0.4) is 0 Å². The molecule has 186 valence electrons. The van der Waals surface area contributed by atoms with Gasteiger partial charge in [0.1, 0.15) is 5.69 Å². The SMILES string of the molecule is Cc1sc(C(=O)Nc2cc(Cl)cc(S(C)(=O)=O)c2)cc1-c1ncc(N2CCC(F)(F)CC2)cc1F. The molecule has 12 heteroatoms. The molecule has 1 amide bonds. The number of alkyl halides is 2. The van der Waals surface area contributed by atoms with Gasteiger partial charge in [-0.2, -0.15) is 0 Å². The molecule has 6 nitrogen and oxygen atoms in total. The number of aryl methyl sites for hydroxylation is 1. The van der Waals surface area contributed by atoms with Crippen LogP contribution < -0.4 is 10.2 Å². The Morgan fingerprint density at radius 1 is 1.17 bits per heavy atom. The number of carbonyl (C=O) groups excluding carboxylic acids is 1. The Morgan fingerprint density at radius 3 is 2.49 bits per heavy atom. The number of amides is 1. The number of aromatic nitrogens is 1. The molecule has 0 radical (unpaired) electrons. The zero-order valence-electron chi connectivity index (χ0n) is 18.7. The summed E-state index contributed by atoms with van der Waals surface area (Å²) in [6, 6.07) is 6.78. The molecule has 3 aromatic rings. The quantitative estimate of drug-likeness (QED) is 0.440. The van der Waals surface area contributed by atoms with E-state index in [1.807, 2.05) is 0 Å². The van der Waals surface area contributed by atoms with Crippen LogP contribution in [0.1, 0.15) is 27.4 Å². The van der Waals surface area contributed by atoms with Crippen molar-refractivity contribution in [3.8, 4) is 11.3 Å². The summed E-state index contributed by atoms with van der Waals surface area (Å²) < 4.78 is 65.5. The molecular formula is C23H21ClF3N3O3S2. The predicted octanol–water partition coefficient (Wildman–Crippen LogP) is 5.80. The molecule has 3 heterocycles. The fourth-order valence-electron chi connectivity index (χ4n) is 3.76. The molecule has 4 rings (SSSR count). The van der Waals surface area contributed by atoms with Gasteiger partial charge in [0.05, 0.1) is 21.7 Å². The first-order chi connectivity index (χ1) is 16.3. The minimum atomic E-state index is -3.53. The van der Waals surface area contributed by atoms with Gasteiger partial charge in [-0.25, -0.2) is 21.6 Å². The van der Waals surface area contributed by atoms with Crippen molar-refractivity contribution in [1.82, 2.24) is 4.98 Å². The number of benzene rings is 1. The van der Waals surface area contributed by atoms with Crippen LogP contribution in [0.4, 0.5) is 24.5 Å². The number of nitrogens with one attached hydrogen (secondary N) is 1. The van der Waals surface area contributed by atoms with E-state index in [1.54, 1.807) is 11.8 Å². The Bertz CT molecular complexity index is 1400. The number of pyridine rings is 1. The second-order valence-corrected chi connectivity index (χ2v) is 12.1. The summed E-state index contributed by atoms with van der Waals surface area (Å²) in [6.45, 7) is 1.94. The molecule has 0 aliphatic carbocycles. The fraction of sp³-hybridized carbons (Fsp3) is 0.304. The Morgan fingerprint density at radius 2 is 1.86 bits per heavy atom. The van der Waals surface area contributed by atoms with Gasteiger partial charge >= 0.3 is 0 Å². The summed E-state index contributed by atoms with van der Waals surface area (Å²) in [6.07, 6.45) is 1.89. The molecule has 0 atom stereocenters. The second kappa shape index (κ2) is 9.44. The first-order valence-electron chi connectivity index (χ1n) is 10.5. The number of sulfone groups is 1. The number of hydrogen-bond donors (Lipinski definition) is 1. The maximum Gasteiger partial charge on any atom is 0.265 e. The maximum absolute atomic E-state index is 15.0. The number of halogens is 4. The highest BCUT2D eigenvalue weighted by Crippen LogP contribution is 2.35. The van der Waals surface area contributed by atoms with Crippen LogP contribution in [0.25, 0.3) is 11.3 Å². The van der Waals surface area contributed by atoms with E-state index in [1.165, 1.54) is 36.5 Å². The van der Waals surface area contributed by atoms with Crippen molar-refractivity contribution in [3.63, 3.8) is 0 Å². The van der Waals surface area contributed by atoms with Crippen molar-refractivity contribution in [1.29, 1.82) is 0 Å². The van der Waals surface area contributed by atoms with Crippen LogP contribution in [0, 0.1) is 12.7 Å². The molecule has 0 spiro atoms. The normalized spacial score (nSPS) is 15.8. The summed E-state index contributed by atoms with van der Waals surface area (Å²) in [4.78, 5) is 19.6. The van der Waals surface area contributed by atoms with Crippen molar-refractivity contribution >= 4 is 50.1 Å². The lowest BCUT2D eigenvalue weighted by Crippen LogP contribution is -2.39. The minimum Gasteiger partial charge on any atom is -0.370 e. The van der Waals surface area contributed by atoms with Crippen molar-refractivity contribution in [2.45, 2.75) is 30.6 Å². The lowest BCUT2D eigenvalue weighted by atomic mass is 10.1. The molecule has 0 unspecified atom stereocenters. The molecule has 35 heavy (non-hydrogen) atoms. The molecule has 1 N–H and O–H groups in total. The Hall–Kier alpha value is -2.63.